The fourth-order valence-electron chi connectivity index (χ4n) is 2.13. The largest absolute Gasteiger partial charge is 0.357 e. The van der Waals surface area contributed by atoms with E-state index in [0.717, 1.165) is 16.5 Å². The van der Waals surface area contributed by atoms with Crippen LogP contribution in [0, 0.1) is 5.82 Å². The second-order valence-corrected chi connectivity index (χ2v) is 4.23. The summed E-state index contributed by atoms with van der Waals surface area (Å²) in [4.78, 5) is 14.8. The third-order valence-corrected chi connectivity index (χ3v) is 3.05. The number of hydrogen-bond acceptors (Lipinski definition) is 1. The number of nitrogens with one attached hydrogen (secondary N) is 1. The highest BCUT2D eigenvalue weighted by Gasteiger charge is 2.09. The van der Waals surface area contributed by atoms with Crippen molar-refractivity contribution >= 4 is 10.9 Å². The van der Waals surface area contributed by atoms with Gasteiger partial charge in [0.2, 0.25) is 0 Å². The number of H-pyrrole nitrogens is 1. The SMILES string of the molecule is Cn1cc(-c2ccc(F)cc2)c2cc[nH]c2c1=O. The molecule has 0 aliphatic rings. The third kappa shape index (κ3) is 1.54. The van der Waals surface area contributed by atoms with Crippen LogP contribution in [-0.2, 0) is 7.05 Å². The zero-order valence-electron chi connectivity index (χ0n) is 9.77. The van der Waals surface area contributed by atoms with Gasteiger partial charge in [-0.2, -0.15) is 0 Å². The number of hydrogen-bond donors (Lipinski definition) is 1. The van der Waals surface area contributed by atoms with Crippen molar-refractivity contribution in [3.63, 3.8) is 0 Å². The van der Waals surface area contributed by atoms with Crippen molar-refractivity contribution in [2.45, 2.75) is 0 Å². The molecule has 0 atom stereocenters. The van der Waals surface area contributed by atoms with Crippen molar-refractivity contribution in [2.24, 2.45) is 7.05 Å². The van der Waals surface area contributed by atoms with Gasteiger partial charge in [-0.1, -0.05) is 12.1 Å². The third-order valence-electron chi connectivity index (χ3n) is 3.05. The zero-order valence-corrected chi connectivity index (χ0v) is 9.77. The number of pyridine rings is 1. The lowest BCUT2D eigenvalue weighted by atomic mass is 10.0. The number of aryl methyl sites for hydroxylation is 1. The lowest BCUT2D eigenvalue weighted by molar-refractivity contribution is 0.628. The molecule has 0 amide bonds. The van der Waals surface area contributed by atoms with E-state index in [1.54, 1.807) is 31.6 Å². The Labute approximate surface area is 103 Å². The summed E-state index contributed by atoms with van der Waals surface area (Å²) in [6.07, 6.45) is 3.50. The van der Waals surface area contributed by atoms with Crippen LogP contribution < -0.4 is 5.56 Å². The van der Waals surface area contributed by atoms with Gasteiger partial charge in [0.15, 0.2) is 0 Å². The van der Waals surface area contributed by atoms with Gasteiger partial charge in [-0.15, -0.1) is 0 Å². The van der Waals surface area contributed by atoms with E-state index in [1.807, 2.05) is 6.07 Å². The molecule has 0 fully saturated rings. The van der Waals surface area contributed by atoms with Crippen LogP contribution in [0.1, 0.15) is 0 Å². The average molecular weight is 242 g/mol. The summed E-state index contributed by atoms with van der Waals surface area (Å²) in [5.74, 6) is -0.270. The Hall–Kier alpha value is -2.36. The van der Waals surface area contributed by atoms with Gasteiger partial charge in [-0.05, 0) is 23.8 Å². The number of aromatic amines is 1. The first-order chi connectivity index (χ1) is 8.66. The summed E-state index contributed by atoms with van der Waals surface area (Å²) in [6.45, 7) is 0. The average Bonchev–Trinajstić information content (AvgIpc) is 2.84. The second kappa shape index (κ2) is 3.84. The van der Waals surface area contributed by atoms with E-state index in [1.165, 1.54) is 16.7 Å². The minimum atomic E-state index is -0.270. The normalized spacial score (nSPS) is 11.0. The highest BCUT2D eigenvalue weighted by Crippen LogP contribution is 2.26. The van der Waals surface area contributed by atoms with Gasteiger partial charge in [-0.25, -0.2) is 4.39 Å². The first-order valence-corrected chi connectivity index (χ1v) is 5.59. The Kier molecular flexibility index (Phi) is 2.30. The van der Waals surface area contributed by atoms with Gasteiger partial charge < -0.3 is 9.55 Å². The number of fused-ring (bicyclic) bond motifs is 1. The molecule has 3 nitrogen and oxygen atoms in total. The number of halogens is 1. The summed E-state index contributed by atoms with van der Waals surface area (Å²) in [7, 11) is 1.70. The molecule has 0 aliphatic heterocycles. The van der Waals surface area contributed by atoms with E-state index in [0.29, 0.717) is 5.52 Å². The molecule has 4 heteroatoms. The summed E-state index contributed by atoms with van der Waals surface area (Å²) in [5.41, 5.74) is 2.30. The van der Waals surface area contributed by atoms with Crippen molar-refractivity contribution in [3.05, 3.63) is 58.9 Å². The first kappa shape index (κ1) is 10.8. The maximum absolute atomic E-state index is 12.9. The minimum Gasteiger partial charge on any atom is -0.357 e. The molecule has 0 radical (unpaired) electrons. The molecule has 18 heavy (non-hydrogen) atoms. The highest BCUT2D eigenvalue weighted by molar-refractivity contribution is 5.94. The van der Waals surface area contributed by atoms with Gasteiger partial charge in [0, 0.05) is 30.4 Å². The van der Waals surface area contributed by atoms with Gasteiger partial charge in [0.1, 0.15) is 11.3 Å². The van der Waals surface area contributed by atoms with Crippen LogP contribution in [0.3, 0.4) is 0 Å². The Morgan fingerprint density at radius 2 is 1.89 bits per heavy atom. The molecular weight excluding hydrogens is 231 g/mol. The van der Waals surface area contributed by atoms with Crippen molar-refractivity contribution in [1.82, 2.24) is 9.55 Å². The Morgan fingerprint density at radius 1 is 1.17 bits per heavy atom. The molecule has 1 N–H and O–H groups in total. The number of benzene rings is 1. The highest BCUT2D eigenvalue weighted by atomic mass is 19.1. The summed E-state index contributed by atoms with van der Waals surface area (Å²) in [6, 6.07) is 8.11. The maximum Gasteiger partial charge on any atom is 0.274 e. The van der Waals surface area contributed by atoms with E-state index < -0.39 is 0 Å². The summed E-state index contributed by atoms with van der Waals surface area (Å²) < 4.78 is 14.5. The Balaban J connectivity index is 2.35. The van der Waals surface area contributed by atoms with Gasteiger partial charge in [0.25, 0.3) is 5.56 Å². The molecule has 0 saturated heterocycles. The van der Waals surface area contributed by atoms with Crippen LogP contribution in [0.15, 0.2) is 47.5 Å². The molecule has 0 unspecified atom stereocenters. The van der Waals surface area contributed by atoms with Crippen LogP contribution in [0.5, 0.6) is 0 Å². The number of aromatic nitrogens is 2. The van der Waals surface area contributed by atoms with Gasteiger partial charge in [-0.3, -0.25) is 4.79 Å². The molecule has 1 aromatic carbocycles. The van der Waals surface area contributed by atoms with E-state index in [-0.39, 0.29) is 11.4 Å². The standard InChI is InChI=1S/C14H11FN2O/c1-17-8-12(9-2-4-10(15)5-3-9)11-6-7-16-13(11)14(17)18/h2-8,16H,1H3. The topological polar surface area (TPSA) is 37.8 Å². The molecule has 2 heterocycles. The molecular formula is C14H11FN2O. The van der Waals surface area contributed by atoms with Crippen LogP contribution >= 0.6 is 0 Å². The fraction of sp³-hybridized carbons (Fsp3) is 0.0714. The Morgan fingerprint density at radius 3 is 2.61 bits per heavy atom. The molecule has 0 aliphatic carbocycles. The molecule has 0 spiro atoms. The van der Waals surface area contributed by atoms with Crippen LogP contribution in [0.25, 0.3) is 22.0 Å². The quantitative estimate of drug-likeness (QED) is 0.700. The van der Waals surface area contributed by atoms with Crippen LogP contribution in [0.2, 0.25) is 0 Å². The summed E-state index contributed by atoms with van der Waals surface area (Å²) in [5, 5.41) is 0.852. The second-order valence-electron chi connectivity index (χ2n) is 4.23. The molecule has 0 saturated carbocycles. The molecule has 90 valence electrons. The van der Waals surface area contributed by atoms with E-state index in [4.69, 9.17) is 0 Å². The first-order valence-electron chi connectivity index (χ1n) is 5.59. The van der Waals surface area contributed by atoms with E-state index >= 15 is 0 Å². The monoisotopic (exact) mass is 242 g/mol. The number of rotatable bonds is 1. The van der Waals surface area contributed by atoms with Crippen LogP contribution in [0.4, 0.5) is 4.39 Å². The fourth-order valence-corrected chi connectivity index (χ4v) is 2.13. The van der Waals surface area contributed by atoms with Crippen LogP contribution in [-0.4, -0.2) is 9.55 Å². The lowest BCUT2D eigenvalue weighted by Crippen LogP contribution is -2.16. The molecule has 3 aromatic rings. The van der Waals surface area contributed by atoms with Gasteiger partial charge in [0.05, 0.1) is 0 Å². The van der Waals surface area contributed by atoms with Crippen molar-refractivity contribution in [2.75, 3.05) is 0 Å². The maximum atomic E-state index is 12.9. The predicted molar refractivity (Wildman–Crippen MR) is 68.9 cm³/mol. The van der Waals surface area contributed by atoms with Crippen molar-refractivity contribution in [1.29, 1.82) is 0 Å². The van der Waals surface area contributed by atoms with Crippen molar-refractivity contribution in [3.8, 4) is 11.1 Å². The summed E-state index contributed by atoms with van der Waals surface area (Å²) >= 11 is 0. The smallest absolute Gasteiger partial charge is 0.274 e. The van der Waals surface area contributed by atoms with Gasteiger partial charge >= 0.3 is 0 Å². The van der Waals surface area contributed by atoms with Crippen molar-refractivity contribution < 1.29 is 4.39 Å². The molecule has 3 rings (SSSR count). The lowest BCUT2D eigenvalue weighted by Gasteiger charge is -2.06. The number of nitrogens with zero attached hydrogens (tertiary/aromatic N) is 1. The predicted octanol–water partition coefficient (Wildman–Crippen LogP) is 2.67. The molecule has 0 bridgehead atoms. The Bertz CT molecular complexity index is 769. The minimum absolute atomic E-state index is 0.0686. The van der Waals surface area contributed by atoms with E-state index in [2.05, 4.69) is 4.98 Å². The zero-order chi connectivity index (χ0) is 12.7. The molecule has 2 aromatic heterocycles. The van der Waals surface area contributed by atoms with E-state index in [9.17, 15) is 9.18 Å².